The van der Waals surface area contributed by atoms with Crippen molar-refractivity contribution in [3.63, 3.8) is 0 Å². The van der Waals surface area contributed by atoms with Gasteiger partial charge in [-0.05, 0) is 148 Å². The topological polar surface area (TPSA) is 269 Å². The highest BCUT2D eigenvalue weighted by atomic mass is 79.9. The first-order valence-corrected chi connectivity index (χ1v) is 34.1. The molecule has 0 spiro atoms. The molecular formula is C61H63BrCl3N5O13S3. The molecule has 2 amide bonds. The second-order valence-corrected chi connectivity index (χ2v) is 30.0. The minimum Gasteiger partial charge on any atom is -0.478 e. The number of carboxylic acid groups (broad SMARTS) is 1. The number of rotatable bonds is 17. The molecule has 456 valence electrons. The third kappa shape index (κ3) is 11.9. The molecule has 5 heterocycles. The third-order valence-electron chi connectivity index (χ3n) is 17.0. The summed E-state index contributed by atoms with van der Waals surface area (Å²) in [6, 6.07) is 9.44. The molecule has 2 unspecified atom stereocenters. The number of hydrogen-bond donors (Lipinski definition) is 6. The van der Waals surface area contributed by atoms with E-state index in [1.165, 1.54) is 11.1 Å². The number of pyridine rings is 1. The zero-order valence-electron chi connectivity index (χ0n) is 47.8. The van der Waals surface area contributed by atoms with Crippen LogP contribution in [0.3, 0.4) is 0 Å². The maximum absolute atomic E-state index is 13.8. The Labute approximate surface area is 525 Å². The van der Waals surface area contributed by atoms with Gasteiger partial charge in [-0.3, -0.25) is 28.7 Å². The van der Waals surface area contributed by atoms with Gasteiger partial charge in [0.1, 0.15) is 0 Å². The van der Waals surface area contributed by atoms with Crippen LogP contribution in [0.5, 0.6) is 23.0 Å². The quantitative estimate of drug-likeness (QED) is 0.0163. The van der Waals surface area contributed by atoms with Gasteiger partial charge in [-0.25, -0.2) is 4.79 Å². The SMILES string of the molecule is CC1CC(C)(C)Nc2c1cc1c(c2S(=O)(=O)O)Oc2c(S(=O)(=O)O)c3c(cc2=C1c1c(Cl)c(SCC(=O)NCCCCCC(=O)NCCc2cnc4c(c2)[C@@H]2C=CC[C@@H]2[C@H](c2cc5c(cc2Br)OCO5)C4)c(Cl)c(Cl)c1C(=O)O)C(C)CC(C)(C)N=3. The van der Waals surface area contributed by atoms with Crippen molar-refractivity contribution in [3.05, 3.63) is 129 Å². The predicted octanol–water partition coefficient (Wildman–Crippen LogP) is 11.8. The van der Waals surface area contributed by atoms with Crippen LogP contribution in [-0.2, 0) is 42.7 Å². The third-order valence-corrected chi connectivity index (χ3v) is 22.1. The molecule has 4 aromatic carbocycles. The number of carboxylic acids is 1. The first-order valence-electron chi connectivity index (χ1n) is 28.3. The van der Waals surface area contributed by atoms with Crippen LogP contribution in [0.2, 0.25) is 15.1 Å². The number of benzene rings is 4. The van der Waals surface area contributed by atoms with E-state index in [9.17, 15) is 45.4 Å². The van der Waals surface area contributed by atoms with Crippen molar-refractivity contribution in [1.29, 1.82) is 0 Å². The molecule has 25 heteroatoms. The maximum Gasteiger partial charge on any atom is 0.337 e. The molecule has 1 aromatic heterocycles. The van der Waals surface area contributed by atoms with Gasteiger partial charge in [-0.2, -0.15) is 16.8 Å². The van der Waals surface area contributed by atoms with E-state index >= 15 is 0 Å². The van der Waals surface area contributed by atoms with E-state index in [0.29, 0.717) is 68.5 Å². The molecule has 5 atom stereocenters. The van der Waals surface area contributed by atoms with Gasteiger partial charge in [-0.1, -0.05) is 89.2 Å². The summed E-state index contributed by atoms with van der Waals surface area (Å²) < 4.78 is 96.1. The van der Waals surface area contributed by atoms with Gasteiger partial charge < -0.3 is 35.3 Å². The lowest BCUT2D eigenvalue weighted by Crippen LogP contribution is -2.39. The average Bonchev–Trinajstić information content (AvgIpc) is 0.829. The Morgan fingerprint density at radius 1 is 0.826 bits per heavy atom. The standard InChI is InChI=1S/C61H63BrCl3N5O13S3/c1-28-23-60(3,4)69-52-33(28)18-38-46(39-19-34-29(2)24-61(5,6)70-53(34)58(86(78,79)80)55(39)83-54(38)57(52)85(75,76)77)47-48(59(73)74)49(63)51(65)56(50(47)64)84-26-45(72)66-15-9-7-8-13-44(71)67-16-14-30-17-37-32-12-10-11-31(32)35(20-41(37)68-25-30)36-21-42-43(22-40(36)62)82-27-81-42/h10,12,17-19,21-22,25,28-29,31-32,35,69H,7-9,11,13-16,20,23-24,26-27H2,1-6H3,(H,66,72)(H,67,71)(H,73,74)(H,75,76,77)(H,78,79,80)/t28?,29?,31-,32+,35+/m0/s1. The lowest BCUT2D eigenvalue weighted by molar-refractivity contribution is -0.121. The van der Waals surface area contributed by atoms with Crippen LogP contribution in [-0.4, -0.2) is 90.5 Å². The molecular weight excluding hydrogens is 1290 g/mol. The molecule has 11 rings (SSSR count). The fourth-order valence-electron chi connectivity index (χ4n) is 13.5. The Balaban J connectivity index is 0.789. The average molecular weight is 1360 g/mol. The molecule has 6 N–H and O–H groups in total. The number of halogens is 4. The van der Waals surface area contributed by atoms with Gasteiger partial charge in [0.05, 0.1) is 43.0 Å². The molecule has 0 saturated heterocycles. The van der Waals surface area contributed by atoms with Crippen molar-refractivity contribution in [2.45, 2.75) is 149 Å². The van der Waals surface area contributed by atoms with Crippen molar-refractivity contribution < 1.29 is 59.6 Å². The highest BCUT2D eigenvalue weighted by Gasteiger charge is 2.44. The fraction of sp³-hybridized carbons (Fsp3) is 0.426. The Morgan fingerprint density at radius 3 is 2.26 bits per heavy atom. The molecule has 6 aliphatic rings. The summed E-state index contributed by atoms with van der Waals surface area (Å²) in [5.74, 6) is -2.07. The highest BCUT2D eigenvalue weighted by Crippen LogP contribution is 2.56. The van der Waals surface area contributed by atoms with Gasteiger partial charge in [0, 0.05) is 74.1 Å². The van der Waals surface area contributed by atoms with E-state index in [1.54, 1.807) is 26.0 Å². The number of anilines is 1. The zero-order valence-corrected chi connectivity index (χ0v) is 54.1. The van der Waals surface area contributed by atoms with Crippen molar-refractivity contribution in [2.75, 3.05) is 31.0 Å². The van der Waals surface area contributed by atoms with Gasteiger partial charge in [0.15, 0.2) is 32.8 Å². The predicted molar refractivity (Wildman–Crippen MR) is 331 cm³/mol. The molecule has 5 aromatic rings. The van der Waals surface area contributed by atoms with Crippen molar-refractivity contribution in [2.24, 2.45) is 10.9 Å². The van der Waals surface area contributed by atoms with E-state index in [4.69, 9.17) is 59.0 Å². The lowest BCUT2D eigenvalue weighted by Gasteiger charge is -2.40. The summed E-state index contributed by atoms with van der Waals surface area (Å²) in [6.07, 6.45) is 11.8. The number of allylic oxidation sites excluding steroid dienone is 2. The number of amides is 2. The summed E-state index contributed by atoms with van der Waals surface area (Å²) in [5.41, 5.74) is 2.37. The second kappa shape index (κ2) is 23.5. The van der Waals surface area contributed by atoms with Crippen LogP contribution >= 0.6 is 62.5 Å². The smallest absolute Gasteiger partial charge is 0.337 e. The fourth-order valence-corrected chi connectivity index (χ4v) is 17.7. The van der Waals surface area contributed by atoms with E-state index in [0.717, 1.165) is 51.8 Å². The first kappa shape index (κ1) is 62.2. The summed E-state index contributed by atoms with van der Waals surface area (Å²) >= 11 is 25.8. The van der Waals surface area contributed by atoms with Crippen LogP contribution < -0.4 is 40.7 Å². The van der Waals surface area contributed by atoms with E-state index in [2.05, 4.69) is 56.2 Å². The largest absolute Gasteiger partial charge is 0.478 e. The Hall–Kier alpha value is -5.43. The lowest BCUT2D eigenvalue weighted by atomic mass is 9.69. The van der Waals surface area contributed by atoms with Crippen molar-refractivity contribution in [3.8, 4) is 23.0 Å². The molecule has 0 saturated carbocycles. The normalized spacial score (nSPS) is 20.9. The highest BCUT2D eigenvalue weighted by molar-refractivity contribution is 9.10. The van der Waals surface area contributed by atoms with Crippen molar-refractivity contribution >= 4 is 112 Å². The molecule has 18 nitrogen and oxygen atoms in total. The number of aromatic nitrogens is 1. The number of thioether (sulfide) groups is 1. The number of aromatic carboxylic acids is 1. The van der Waals surface area contributed by atoms with Crippen LogP contribution in [0, 0.1) is 5.92 Å². The number of carbonyl (C=O) groups excluding carboxylic acids is 2. The minimum absolute atomic E-state index is 0.0348. The Bertz CT molecular complexity index is 4140. The number of nitrogens with one attached hydrogen (secondary N) is 3. The van der Waals surface area contributed by atoms with E-state index in [-0.39, 0.29) is 90.7 Å². The van der Waals surface area contributed by atoms with Crippen LogP contribution in [0.15, 0.2) is 72.8 Å². The van der Waals surface area contributed by atoms with Crippen molar-refractivity contribution in [1.82, 2.24) is 15.6 Å². The second-order valence-electron chi connectivity index (χ2n) is 24.3. The van der Waals surface area contributed by atoms with Gasteiger partial charge in [-0.15, -0.1) is 11.8 Å². The summed E-state index contributed by atoms with van der Waals surface area (Å²) in [6.45, 7) is 11.8. The molecule has 86 heavy (non-hydrogen) atoms. The zero-order chi connectivity index (χ0) is 61.7. The minimum atomic E-state index is -5.31. The molecule has 0 radical (unpaired) electrons. The van der Waals surface area contributed by atoms with Crippen LogP contribution in [0.25, 0.3) is 5.57 Å². The van der Waals surface area contributed by atoms with E-state index in [1.807, 2.05) is 40.0 Å². The molecule has 0 fully saturated rings. The first-order chi connectivity index (χ1) is 40.5. The number of nitrogens with zero attached hydrogens (tertiary/aromatic N) is 2. The molecule has 0 bridgehead atoms. The van der Waals surface area contributed by atoms with E-state index < -0.39 is 81.0 Å². The summed E-state index contributed by atoms with van der Waals surface area (Å²) in [7, 11) is -10.6. The monoisotopic (exact) mass is 1350 g/mol. The van der Waals surface area contributed by atoms with Crippen LogP contribution in [0.1, 0.15) is 165 Å². The van der Waals surface area contributed by atoms with Gasteiger partial charge in [0.2, 0.25) is 18.6 Å². The Morgan fingerprint density at radius 2 is 1.53 bits per heavy atom. The molecule has 2 aliphatic carbocycles. The van der Waals surface area contributed by atoms with Gasteiger partial charge >= 0.3 is 5.97 Å². The van der Waals surface area contributed by atoms with Crippen LogP contribution in [0.4, 0.5) is 5.69 Å². The van der Waals surface area contributed by atoms with Gasteiger partial charge in [0.25, 0.3) is 20.2 Å². The maximum atomic E-state index is 13.8. The summed E-state index contributed by atoms with van der Waals surface area (Å²) in [5, 5.41) is 18.7. The number of hydrogen-bond acceptors (Lipinski definition) is 14. The number of unbranched alkanes of at least 4 members (excludes halogenated alkanes) is 2. The number of carbonyl (C=O) groups is 3. The number of fused-ring (bicyclic) bond motifs is 8. The Kier molecular flexibility index (Phi) is 17.0. The summed E-state index contributed by atoms with van der Waals surface area (Å²) in [4.78, 5) is 48.1. The molecule has 4 aliphatic heterocycles. The number of ether oxygens (including phenoxy) is 3.